The number of aromatic carboxylic acids is 1. The quantitative estimate of drug-likeness (QED) is 0.299. The topological polar surface area (TPSA) is 71.8 Å². The van der Waals surface area contributed by atoms with Crippen LogP contribution in [0.5, 0.6) is 5.75 Å². The molecule has 0 bridgehead atoms. The van der Waals surface area contributed by atoms with Crippen LogP contribution in [0.1, 0.15) is 55.2 Å². The van der Waals surface area contributed by atoms with Crippen LogP contribution in [0.2, 0.25) is 0 Å². The molecule has 1 N–H and O–H groups in total. The summed E-state index contributed by atoms with van der Waals surface area (Å²) in [5.74, 6) is -0.0821. The summed E-state index contributed by atoms with van der Waals surface area (Å²) < 4.78 is 7.25. The van der Waals surface area contributed by atoms with Crippen LogP contribution in [-0.4, -0.2) is 35.7 Å². The third kappa shape index (κ3) is 4.78. The smallest absolute Gasteiger partial charge is 0.353 e. The van der Waals surface area contributed by atoms with Gasteiger partial charge in [-0.15, -0.1) is 0 Å². The number of carboxylic acids is 1. The summed E-state index contributed by atoms with van der Waals surface area (Å²) in [5.41, 5.74) is 5.36. The number of carbonyl (C=O) groups excluding carboxylic acids is 1. The summed E-state index contributed by atoms with van der Waals surface area (Å²) in [6, 6.07) is 21.6. The molecule has 0 unspecified atom stereocenters. The van der Waals surface area contributed by atoms with Gasteiger partial charge in [-0.05, 0) is 65.3 Å². The average molecular weight is 511 g/mol. The Morgan fingerprint density at radius 1 is 1.03 bits per heavy atom. The minimum atomic E-state index is -0.997. The van der Waals surface area contributed by atoms with Crippen molar-refractivity contribution in [3.05, 3.63) is 83.6 Å². The Hall–Kier alpha value is -4.06. The molecule has 3 aromatic carbocycles. The molecule has 1 heterocycles. The summed E-state index contributed by atoms with van der Waals surface area (Å²) in [7, 11) is 3.41. The molecule has 1 aliphatic rings. The van der Waals surface area contributed by atoms with Gasteiger partial charge in [-0.3, -0.25) is 4.79 Å². The lowest BCUT2D eigenvalue weighted by atomic mass is 9.86. The third-order valence-corrected chi connectivity index (χ3v) is 7.41. The molecule has 0 aliphatic heterocycles. The first kappa shape index (κ1) is 25.6. The molecule has 4 aromatic rings. The van der Waals surface area contributed by atoms with Crippen molar-refractivity contribution in [2.45, 2.75) is 45.6 Å². The second kappa shape index (κ2) is 9.67. The van der Waals surface area contributed by atoms with Gasteiger partial charge in [-0.1, -0.05) is 57.2 Å². The van der Waals surface area contributed by atoms with E-state index in [0.29, 0.717) is 12.1 Å². The van der Waals surface area contributed by atoms with E-state index in [0.717, 1.165) is 46.3 Å². The number of hydrogen-bond acceptors (Lipinski definition) is 3. The minimum Gasteiger partial charge on any atom is -0.497 e. The number of anilines is 1. The van der Waals surface area contributed by atoms with Crippen molar-refractivity contribution in [1.82, 2.24) is 4.57 Å². The second-order valence-corrected chi connectivity index (χ2v) is 11.2. The molecule has 6 heteroatoms. The van der Waals surface area contributed by atoms with Crippen LogP contribution in [0.4, 0.5) is 5.69 Å². The fourth-order valence-electron chi connectivity index (χ4n) is 5.05. The van der Waals surface area contributed by atoms with Crippen molar-refractivity contribution >= 4 is 28.5 Å². The fourth-order valence-corrected chi connectivity index (χ4v) is 5.05. The van der Waals surface area contributed by atoms with Crippen molar-refractivity contribution in [1.29, 1.82) is 0 Å². The van der Waals surface area contributed by atoms with Crippen LogP contribution in [0.25, 0.3) is 22.0 Å². The number of hydrogen-bond donors (Lipinski definition) is 1. The monoisotopic (exact) mass is 510 g/mol. The van der Waals surface area contributed by atoms with E-state index in [-0.39, 0.29) is 22.9 Å². The number of amides is 1. The second-order valence-electron chi connectivity index (χ2n) is 11.2. The fraction of sp³-hybridized carbons (Fsp3) is 0.312. The van der Waals surface area contributed by atoms with Gasteiger partial charge in [-0.2, -0.15) is 0 Å². The highest BCUT2D eigenvalue weighted by Gasteiger charge is 2.33. The Labute approximate surface area is 223 Å². The minimum absolute atomic E-state index is 0.0203. The SMILES string of the molecule is COc1cccc(Cn2c(C(=O)O)c(-c3ccc(C(C)(C)C)cc3)c3cc(N(C)C(=O)C4CC4)ccc32)c1. The van der Waals surface area contributed by atoms with Crippen LogP contribution in [0, 0.1) is 5.92 Å². The van der Waals surface area contributed by atoms with Crippen molar-refractivity contribution in [2.75, 3.05) is 19.1 Å². The highest BCUT2D eigenvalue weighted by molar-refractivity contribution is 6.10. The molecule has 0 radical (unpaired) electrons. The van der Waals surface area contributed by atoms with Crippen LogP contribution >= 0.6 is 0 Å². The molecule has 1 amide bonds. The van der Waals surface area contributed by atoms with E-state index in [2.05, 4.69) is 32.9 Å². The summed E-state index contributed by atoms with van der Waals surface area (Å²) >= 11 is 0. The highest BCUT2D eigenvalue weighted by atomic mass is 16.5. The van der Waals surface area contributed by atoms with E-state index in [1.54, 1.807) is 19.1 Å². The normalized spacial score (nSPS) is 13.5. The molecule has 38 heavy (non-hydrogen) atoms. The van der Waals surface area contributed by atoms with Gasteiger partial charge >= 0.3 is 5.97 Å². The summed E-state index contributed by atoms with van der Waals surface area (Å²) in [6.45, 7) is 6.84. The van der Waals surface area contributed by atoms with Gasteiger partial charge in [-0.25, -0.2) is 4.79 Å². The average Bonchev–Trinajstić information content (AvgIpc) is 3.70. The van der Waals surface area contributed by atoms with Crippen LogP contribution in [0.3, 0.4) is 0 Å². The van der Waals surface area contributed by atoms with Crippen molar-refractivity contribution in [3.63, 3.8) is 0 Å². The molecular formula is C32H34N2O4. The summed E-state index contributed by atoms with van der Waals surface area (Å²) in [6.07, 6.45) is 1.85. The summed E-state index contributed by atoms with van der Waals surface area (Å²) in [4.78, 5) is 27.4. The third-order valence-electron chi connectivity index (χ3n) is 7.41. The number of fused-ring (bicyclic) bond motifs is 1. The molecule has 5 rings (SSSR count). The van der Waals surface area contributed by atoms with Gasteiger partial charge in [0.2, 0.25) is 5.91 Å². The summed E-state index contributed by atoms with van der Waals surface area (Å²) in [5, 5.41) is 11.3. The first-order valence-electron chi connectivity index (χ1n) is 13.0. The molecule has 1 aliphatic carbocycles. The lowest BCUT2D eigenvalue weighted by Crippen LogP contribution is -2.27. The first-order chi connectivity index (χ1) is 18.1. The van der Waals surface area contributed by atoms with Crippen LogP contribution < -0.4 is 9.64 Å². The number of nitrogens with zero attached hydrogens (tertiary/aromatic N) is 2. The predicted molar refractivity (Wildman–Crippen MR) is 151 cm³/mol. The van der Waals surface area contributed by atoms with Gasteiger partial charge in [0.15, 0.2) is 0 Å². The molecule has 6 nitrogen and oxygen atoms in total. The maximum absolute atomic E-state index is 12.8. The zero-order valence-electron chi connectivity index (χ0n) is 22.6. The lowest BCUT2D eigenvalue weighted by Gasteiger charge is -2.19. The zero-order valence-corrected chi connectivity index (χ0v) is 22.6. The largest absolute Gasteiger partial charge is 0.497 e. The molecule has 196 valence electrons. The van der Waals surface area contributed by atoms with Gasteiger partial charge in [0.05, 0.1) is 7.11 Å². The Bertz CT molecular complexity index is 1520. The highest BCUT2D eigenvalue weighted by Crippen LogP contribution is 2.39. The zero-order chi connectivity index (χ0) is 27.2. The van der Waals surface area contributed by atoms with Crippen molar-refractivity contribution < 1.29 is 19.4 Å². The molecule has 1 aromatic heterocycles. The molecule has 0 atom stereocenters. The van der Waals surface area contributed by atoms with Gasteiger partial charge in [0.25, 0.3) is 0 Å². The van der Waals surface area contributed by atoms with Gasteiger partial charge in [0.1, 0.15) is 11.4 Å². The van der Waals surface area contributed by atoms with Gasteiger partial charge < -0.3 is 19.3 Å². The standard InChI is InChI=1S/C32H34N2O4/c1-32(2,3)23-13-11-21(12-14-23)28-26-18-24(33(4)30(35)22-9-10-22)15-16-27(26)34(29(28)31(36)37)19-20-7-6-8-25(17-20)38-5/h6-8,11-18,22H,9-10,19H2,1-5H3,(H,36,37). The molecule has 0 saturated heterocycles. The number of carbonyl (C=O) groups is 2. The van der Waals surface area contributed by atoms with E-state index < -0.39 is 5.97 Å². The Balaban J connectivity index is 1.72. The molecule has 1 fully saturated rings. The number of methoxy groups -OCH3 is 1. The van der Waals surface area contributed by atoms with E-state index >= 15 is 0 Å². The van der Waals surface area contributed by atoms with E-state index in [4.69, 9.17) is 4.74 Å². The lowest BCUT2D eigenvalue weighted by molar-refractivity contribution is -0.119. The number of benzene rings is 3. The van der Waals surface area contributed by atoms with Crippen LogP contribution in [0.15, 0.2) is 66.7 Å². The van der Waals surface area contributed by atoms with Gasteiger partial charge in [0, 0.05) is 41.7 Å². The Morgan fingerprint density at radius 2 is 1.74 bits per heavy atom. The Kier molecular flexibility index (Phi) is 6.51. The van der Waals surface area contributed by atoms with Crippen molar-refractivity contribution in [2.24, 2.45) is 5.92 Å². The van der Waals surface area contributed by atoms with Crippen molar-refractivity contribution in [3.8, 4) is 16.9 Å². The van der Waals surface area contributed by atoms with Crippen LogP contribution in [-0.2, 0) is 16.8 Å². The number of ether oxygens (including phenoxy) is 1. The number of carboxylic acid groups (broad SMARTS) is 1. The maximum atomic E-state index is 12.8. The Morgan fingerprint density at radius 3 is 2.34 bits per heavy atom. The molecular weight excluding hydrogens is 476 g/mol. The molecule has 1 saturated carbocycles. The van der Waals surface area contributed by atoms with E-state index in [9.17, 15) is 14.7 Å². The molecule has 0 spiro atoms. The predicted octanol–water partition coefficient (Wildman–Crippen LogP) is 6.73. The van der Waals surface area contributed by atoms with E-state index in [1.165, 1.54) is 5.56 Å². The maximum Gasteiger partial charge on any atom is 0.353 e. The van der Waals surface area contributed by atoms with E-state index in [1.807, 2.05) is 59.2 Å². The first-order valence-corrected chi connectivity index (χ1v) is 13.0. The number of aromatic nitrogens is 1. The number of rotatable bonds is 7.